The van der Waals surface area contributed by atoms with E-state index in [0.717, 1.165) is 16.6 Å². The Morgan fingerprint density at radius 3 is 2.53 bits per heavy atom. The van der Waals surface area contributed by atoms with Gasteiger partial charge in [-0.05, 0) is 18.2 Å². The predicted octanol–water partition coefficient (Wildman–Crippen LogP) is 4.02. The van der Waals surface area contributed by atoms with Crippen LogP contribution in [-0.2, 0) is 6.18 Å². The normalized spacial score (nSPS) is 12.0. The molecule has 0 spiro atoms. The Morgan fingerprint density at radius 1 is 1.13 bits per heavy atom. The fraction of sp³-hybridized carbons (Fsp3) is 0.100. The van der Waals surface area contributed by atoms with E-state index in [9.17, 15) is 13.2 Å². The van der Waals surface area contributed by atoms with E-state index in [0.29, 0.717) is 10.9 Å². The van der Waals surface area contributed by atoms with Crippen molar-refractivity contribution in [3.63, 3.8) is 0 Å². The second-order valence-corrected chi connectivity index (χ2v) is 3.88. The summed E-state index contributed by atoms with van der Waals surface area (Å²) in [6.45, 7) is 0. The van der Waals surface area contributed by atoms with Gasteiger partial charge in [0.2, 0.25) is 0 Å². The van der Waals surface area contributed by atoms with Crippen molar-refractivity contribution in [2.75, 3.05) is 0 Å². The van der Waals surface area contributed by atoms with Gasteiger partial charge in [0.1, 0.15) is 0 Å². The lowest BCUT2D eigenvalue weighted by atomic mass is 10.1. The van der Waals surface area contributed by atoms with Crippen LogP contribution in [0.15, 0.2) is 34.9 Å². The molecule has 15 heavy (non-hydrogen) atoms. The van der Waals surface area contributed by atoms with Crippen LogP contribution in [0, 0.1) is 0 Å². The van der Waals surface area contributed by atoms with Gasteiger partial charge in [-0.2, -0.15) is 13.2 Å². The molecule has 1 heterocycles. The van der Waals surface area contributed by atoms with Crippen molar-refractivity contribution in [1.29, 1.82) is 0 Å². The van der Waals surface area contributed by atoms with E-state index in [1.165, 1.54) is 12.3 Å². The van der Waals surface area contributed by atoms with Gasteiger partial charge in [0, 0.05) is 16.1 Å². The maximum atomic E-state index is 12.4. The quantitative estimate of drug-likeness (QED) is 0.708. The number of alkyl halides is 3. The molecule has 2 rings (SSSR count). The van der Waals surface area contributed by atoms with Gasteiger partial charge in [0.25, 0.3) is 0 Å². The first kappa shape index (κ1) is 10.4. The third kappa shape index (κ3) is 1.97. The van der Waals surface area contributed by atoms with Crippen molar-refractivity contribution in [2.45, 2.75) is 6.18 Å². The Hall–Kier alpha value is -1.10. The number of nitrogens with zero attached hydrogens (tertiary/aromatic N) is 1. The highest BCUT2D eigenvalue weighted by Crippen LogP contribution is 2.32. The van der Waals surface area contributed by atoms with Gasteiger partial charge in [-0.3, -0.25) is 4.98 Å². The third-order valence-electron chi connectivity index (χ3n) is 2.02. The fourth-order valence-electron chi connectivity index (χ4n) is 1.29. The molecule has 0 unspecified atom stereocenters. The summed E-state index contributed by atoms with van der Waals surface area (Å²) in [6.07, 6.45) is -2.86. The van der Waals surface area contributed by atoms with Crippen molar-refractivity contribution in [1.82, 2.24) is 4.98 Å². The van der Waals surface area contributed by atoms with Crippen molar-refractivity contribution in [3.8, 4) is 0 Å². The highest BCUT2D eigenvalue weighted by Gasteiger charge is 2.30. The standard InChI is InChI=1S/C10H5BrF3N/c11-8-3-4-15-9-5-6(10(12,13)14)1-2-7(8)9/h1-5H. The molecule has 0 bridgehead atoms. The predicted molar refractivity (Wildman–Crippen MR) is 54.4 cm³/mol. The zero-order valence-electron chi connectivity index (χ0n) is 7.35. The minimum Gasteiger partial charge on any atom is -0.256 e. The highest BCUT2D eigenvalue weighted by molar-refractivity contribution is 9.10. The number of pyridine rings is 1. The van der Waals surface area contributed by atoms with Gasteiger partial charge in [0.15, 0.2) is 0 Å². The molecule has 0 fully saturated rings. The van der Waals surface area contributed by atoms with Crippen LogP contribution in [0.5, 0.6) is 0 Å². The molecule has 0 aliphatic carbocycles. The zero-order valence-corrected chi connectivity index (χ0v) is 8.93. The van der Waals surface area contributed by atoms with Crippen molar-refractivity contribution in [2.24, 2.45) is 0 Å². The summed E-state index contributed by atoms with van der Waals surface area (Å²) < 4.78 is 37.9. The van der Waals surface area contributed by atoms with Crippen molar-refractivity contribution < 1.29 is 13.2 Å². The van der Waals surface area contributed by atoms with Crippen LogP contribution >= 0.6 is 15.9 Å². The summed E-state index contributed by atoms with van der Waals surface area (Å²) in [5.74, 6) is 0. The van der Waals surface area contributed by atoms with E-state index < -0.39 is 11.7 Å². The summed E-state index contributed by atoms with van der Waals surface area (Å²) in [5, 5.41) is 0.672. The maximum Gasteiger partial charge on any atom is 0.416 e. The molecule has 1 nitrogen and oxygen atoms in total. The molecular formula is C10H5BrF3N. The van der Waals surface area contributed by atoms with Gasteiger partial charge in [-0.15, -0.1) is 0 Å². The van der Waals surface area contributed by atoms with E-state index >= 15 is 0 Å². The summed E-state index contributed by atoms with van der Waals surface area (Å²) in [7, 11) is 0. The monoisotopic (exact) mass is 275 g/mol. The number of hydrogen-bond donors (Lipinski definition) is 0. The molecule has 0 N–H and O–H groups in total. The van der Waals surface area contributed by atoms with Crippen LogP contribution in [-0.4, -0.2) is 4.98 Å². The highest BCUT2D eigenvalue weighted by atomic mass is 79.9. The van der Waals surface area contributed by atoms with Crippen LogP contribution in [0.25, 0.3) is 10.9 Å². The van der Waals surface area contributed by atoms with Gasteiger partial charge >= 0.3 is 6.18 Å². The molecule has 1 aromatic heterocycles. The molecule has 1 aromatic carbocycles. The minimum absolute atomic E-state index is 0.333. The summed E-state index contributed by atoms with van der Waals surface area (Å²) >= 11 is 3.25. The Labute approximate surface area is 92.1 Å². The SMILES string of the molecule is FC(F)(F)c1ccc2c(Br)ccnc2c1. The molecule has 5 heteroatoms. The molecule has 0 aliphatic heterocycles. The molecule has 0 atom stereocenters. The molecule has 78 valence electrons. The van der Waals surface area contributed by atoms with E-state index in [1.54, 1.807) is 6.07 Å². The molecule has 0 aliphatic rings. The van der Waals surface area contributed by atoms with Gasteiger partial charge in [-0.25, -0.2) is 0 Å². The molecule has 0 amide bonds. The van der Waals surface area contributed by atoms with Gasteiger partial charge in [0.05, 0.1) is 11.1 Å². The fourth-order valence-corrected chi connectivity index (χ4v) is 1.74. The molecule has 0 saturated heterocycles. The Balaban J connectivity index is 2.68. The van der Waals surface area contributed by atoms with E-state index in [2.05, 4.69) is 20.9 Å². The molecular weight excluding hydrogens is 271 g/mol. The number of aromatic nitrogens is 1. The van der Waals surface area contributed by atoms with Crippen molar-refractivity contribution in [3.05, 3.63) is 40.5 Å². The first-order chi connectivity index (χ1) is 6.98. The molecule has 0 radical (unpaired) electrons. The Kier molecular flexibility index (Phi) is 2.42. The lowest BCUT2D eigenvalue weighted by molar-refractivity contribution is -0.137. The van der Waals surface area contributed by atoms with Crippen LogP contribution in [0.2, 0.25) is 0 Å². The smallest absolute Gasteiger partial charge is 0.256 e. The first-order valence-electron chi connectivity index (χ1n) is 4.10. The number of rotatable bonds is 0. The van der Waals surface area contributed by atoms with Crippen LogP contribution in [0.4, 0.5) is 13.2 Å². The largest absolute Gasteiger partial charge is 0.416 e. The number of benzene rings is 1. The minimum atomic E-state index is -4.32. The molecule has 2 aromatic rings. The summed E-state index contributed by atoms with van der Waals surface area (Å²) in [6, 6.07) is 5.19. The second-order valence-electron chi connectivity index (χ2n) is 3.02. The van der Waals surface area contributed by atoms with Crippen molar-refractivity contribution >= 4 is 26.8 Å². The number of fused-ring (bicyclic) bond motifs is 1. The molecule has 0 saturated carbocycles. The lowest BCUT2D eigenvalue weighted by Gasteiger charge is -2.07. The summed E-state index contributed by atoms with van der Waals surface area (Å²) in [4.78, 5) is 3.89. The van der Waals surface area contributed by atoms with Crippen LogP contribution in [0.3, 0.4) is 0 Å². The number of halogens is 4. The van der Waals surface area contributed by atoms with E-state index in [1.807, 2.05) is 0 Å². The van der Waals surface area contributed by atoms with Gasteiger partial charge in [-0.1, -0.05) is 22.0 Å². The third-order valence-corrected chi connectivity index (χ3v) is 2.71. The topological polar surface area (TPSA) is 12.9 Å². The average Bonchev–Trinajstić information content (AvgIpc) is 2.16. The Bertz CT molecular complexity index is 507. The van der Waals surface area contributed by atoms with E-state index in [4.69, 9.17) is 0 Å². The van der Waals surface area contributed by atoms with Crippen LogP contribution in [0.1, 0.15) is 5.56 Å². The Morgan fingerprint density at radius 2 is 1.87 bits per heavy atom. The average molecular weight is 276 g/mol. The zero-order chi connectivity index (χ0) is 11.1. The number of hydrogen-bond acceptors (Lipinski definition) is 1. The first-order valence-corrected chi connectivity index (χ1v) is 4.89. The van der Waals surface area contributed by atoms with E-state index in [-0.39, 0.29) is 0 Å². The van der Waals surface area contributed by atoms with Crippen LogP contribution < -0.4 is 0 Å². The second kappa shape index (κ2) is 3.48. The van der Waals surface area contributed by atoms with Gasteiger partial charge < -0.3 is 0 Å². The summed E-state index contributed by atoms with van der Waals surface area (Å²) in [5.41, 5.74) is -0.347. The lowest BCUT2D eigenvalue weighted by Crippen LogP contribution is -2.04. The maximum absolute atomic E-state index is 12.4.